The standard InChI is InChI=1S/C8H11O2/c1-6(2)7-3-4-10-8(7)5-9/h8H,3-4H2,1-2H3. The summed E-state index contributed by atoms with van der Waals surface area (Å²) in [4.78, 5) is 10.2. The van der Waals surface area contributed by atoms with E-state index in [1.165, 1.54) is 5.57 Å². The minimum Gasteiger partial charge on any atom is -0.365 e. The van der Waals surface area contributed by atoms with Crippen LogP contribution in [-0.4, -0.2) is 19.0 Å². The normalized spacial score (nSPS) is 25.0. The quantitative estimate of drug-likeness (QED) is 0.510. The average molecular weight is 139 g/mol. The zero-order chi connectivity index (χ0) is 7.56. The van der Waals surface area contributed by atoms with E-state index in [4.69, 9.17) is 4.74 Å². The summed E-state index contributed by atoms with van der Waals surface area (Å²) in [5, 5.41) is 0. The Bertz CT molecular complexity index is 166. The van der Waals surface area contributed by atoms with Crippen LogP contribution < -0.4 is 0 Å². The van der Waals surface area contributed by atoms with Gasteiger partial charge in [0.2, 0.25) is 6.29 Å². The molecule has 2 heteroatoms. The number of hydrogen-bond acceptors (Lipinski definition) is 2. The minimum absolute atomic E-state index is 0.370. The molecule has 2 nitrogen and oxygen atoms in total. The molecule has 0 aromatic rings. The molecule has 1 unspecified atom stereocenters. The Kier molecular flexibility index (Phi) is 2.22. The van der Waals surface area contributed by atoms with Gasteiger partial charge in [0, 0.05) is 0 Å². The third-order valence-electron chi connectivity index (χ3n) is 1.72. The molecular formula is C8H11O2. The topological polar surface area (TPSA) is 26.3 Å². The van der Waals surface area contributed by atoms with Crippen LogP contribution in [0.3, 0.4) is 0 Å². The van der Waals surface area contributed by atoms with Gasteiger partial charge in [-0.2, -0.15) is 0 Å². The van der Waals surface area contributed by atoms with Gasteiger partial charge in [0.15, 0.2) is 0 Å². The first-order valence-corrected chi connectivity index (χ1v) is 3.41. The second-order valence-corrected chi connectivity index (χ2v) is 2.64. The maximum atomic E-state index is 10.2. The molecule has 0 aliphatic carbocycles. The molecular weight excluding hydrogens is 128 g/mol. The van der Waals surface area contributed by atoms with Crippen molar-refractivity contribution in [3.05, 3.63) is 11.1 Å². The van der Waals surface area contributed by atoms with Crippen LogP contribution in [0.25, 0.3) is 0 Å². The zero-order valence-electron chi connectivity index (χ0n) is 6.31. The minimum atomic E-state index is -0.370. The van der Waals surface area contributed by atoms with E-state index < -0.39 is 0 Å². The lowest BCUT2D eigenvalue weighted by Gasteiger charge is -2.02. The summed E-state index contributed by atoms with van der Waals surface area (Å²) in [7, 11) is 0. The molecule has 0 aromatic carbocycles. The molecule has 1 radical (unpaired) electrons. The van der Waals surface area contributed by atoms with Gasteiger partial charge in [-0.15, -0.1) is 0 Å². The van der Waals surface area contributed by atoms with E-state index in [2.05, 4.69) is 0 Å². The molecule has 1 saturated heterocycles. The Morgan fingerprint density at radius 3 is 2.80 bits per heavy atom. The van der Waals surface area contributed by atoms with Crippen molar-refractivity contribution in [1.29, 1.82) is 0 Å². The Balaban J connectivity index is 2.77. The van der Waals surface area contributed by atoms with E-state index in [1.807, 2.05) is 20.1 Å². The highest BCUT2D eigenvalue weighted by Crippen LogP contribution is 2.21. The van der Waals surface area contributed by atoms with E-state index in [1.54, 1.807) is 0 Å². The van der Waals surface area contributed by atoms with Gasteiger partial charge < -0.3 is 4.74 Å². The fourth-order valence-electron chi connectivity index (χ4n) is 1.14. The summed E-state index contributed by atoms with van der Waals surface area (Å²) in [6.45, 7) is 4.66. The van der Waals surface area contributed by atoms with Crippen LogP contribution in [0.2, 0.25) is 0 Å². The Morgan fingerprint density at radius 2 is 2.40 bits per heavy atom. The van der Waals surface area contributed by atoms with Crippen molar-refractivity contribution in [3.8, 4) is 0 Å². The van der Waals surface area contributed by atoms with E-state index in [0.717, 1.165) is 12.0 Å². The van der Waals surface area contributed by atoms with Crippen molar-refractivity contribution in [1.82, 2.24) is 0 Å². The fourth-order valence-corrected chi connectivity index (χ4v) is 1.14. The molecule has 0 aromatic heterocycles. The largest absolute Gasteiger partial charge is 0.365 e. The highest BCUT2D eigenvalue weighted by atomic mass is 16.5. The summed E-state index contributed by atoms with van der Waals surface area (Å²) in [5.74, 6) is 0. The van der Waals surface area contributed by atoms with Gasteiger partial charge in [-0.1, -0.05) is 5.57 Å². The second-order valence-electron chi connectivity index (χ2n) is 2.64. The van der Waals surface area contributed by atoms with Crippen LogP contribution in [0.15, 0.2) is 11.1 Å². The van der Waals surface area contributed by atoms with Gasteiger partial charge in [-0.25, -0.2) is 0 Å². The van der Waals surface area contributed by atoms with Gasteiger partial charge in [0.05, 0.1) is 6.61 Å². The Labute approximate surface area is 60.9 Å². The average Bonchev–Trinajstić information content (AvgIpc) is 2.33. The van der Waals surface area contributed by atoms with E-state index in [-0.39, 0.29) is 6.10 Å². The maximum Gasteiger partial charge on any atom is 0.234 e. The van der Waals surface area contributed by atoms with Crippen LogP contribution in [0.4, 0.5) is 0 Å². The predicted octanol–water partition coefficient (Wildman–Crippen LogP) is 1.22. The monoisotopic (exact) mass is 139 g/mol. The Morgan fingerprint density at radius 1 is 1.70 bits per heavy atom. The lowest BCUT2D eigenvalue weighted by atomic mass is 10.1. The van der Waals surface area contributed by atoms with Gasteiger partial charge in [0.1, 0.15) is 6.10 Å². The number of ether oxygens (including phenoxy) is 1. The lowest BCUT2D eigenvalue weighted by Crippen LogP contribution is -2.09. The summed E-state index contributed by atoms with van der Waals surface area (Å²) < 4.78 is 5.09. The second kappa shape index (κ2) is 2.97. The van der Waals surface area contributed by atoms with E-state index >= 15 is 0 Å². The van der Waals surface area contributed by atoms with Crippen LogP contribution in [0.5, 0.6) is 0 Å². The van der Waals surface area contributed by atoms with Gasteiger partial charge in [-0.3, -0.25) is 4.79 Å². The molecule has 1 atom stereocenters. The number of allylic oxidation sites excluding steroid dienone is 1. The molecule has 1 rings (SSSR count). The molecule has 1 fully saturated rings. The van der Waals surface area contributed by atoms with E-state index in [0.29, 0.717) is 6.61 Å². The van der Waals surface area contributed by atoms with Crippen molar-refractivity contribution in [2.45, 2.75) is 26.4 Å². The molecule has 0 amide bonds. The summed E-state index contributed by atoms with van der Waals surface area (Å²) in [6.07, 6.45) is 2.39. The predicted molar refractivity (Wildman–Crippen MR) is 38.4 cm³/mol. The van der Waals surface area contributed by atoms with Crippen molar-refractivity contribution in [3.63, 3.8) is 0 Å². The van der Waals surface area contributed by atoms with Gasteiger partial charge >= 0.3 is 0 Å². The number of rotatable bonds is 1. The number of carbonyl (C=O) groups excluding carboxylic acids is 1. The number of hydrogen-bond donors (Lipinski definition) is 0. The fraction of sp³-hybridized carbons (Fsp3) is 0.625. The maximum absolute atomic E-state index is 10.2. The van der Waals surface area contributed by atoms with Crippen LogP contribution in [0.1, 0.15) is 20.3 Å². The van der Waals surface area contributed by atoms with Crippen molar-refractivity contribution in [2.24, 2.45) is 0 Å². The molecule has 0 N–H and O–H groups in total. The molecule has 10 heavy (non-hydrogen) atoms. The molecule has 1 heterocycles. The lowest BCUT2D eigenvalue weighted by molar-refractivity contribution is 0.165. The van der Waals surface area contributed by atoms with Crippen LogP contribution >= 0.6 is 0 Å². The molecule has 1 aliphatic heterocycles. The Hall–Kier alpha value is -0.630. The summed E-state index contributed by atoms with van der Waals surface area (Å²) in [6, 6.07) is 0. The van der Waals surface area contributed by atoms with Crippen LogP contribution in [-0.2, 0) is 9.53 Å². The zero-order valence-corrected chi connectivity index (χ0v) is 6.31. The third-order valence-corrected chi connectivity index (χ3v) is 1.72. The summed E-state index contributed by atoms with van der Waals surface area (Å²) >= 11 is 0. The molecule has 55 valence electrons. The van der Waals surface area contributed by atoms with Crippen molar-refractivity contribution < 1.29 is 9.53 Å². The highest BCUT2D eigenvalue weighted by Gasteiger charge is 2.22. The first kappa shape index (κ1) is 7.48. The first-order valence-electron chi connectivity index (χ1n) is 3.41. The van der Waals surface area contributed by atoms with Crippen molar-refractivity contribution in [2.75, 3.05) is 6.61 Å². The molecule has 0 bridgehead atoms. The first-order chi connectivity index (χ1) is 4.75. The SMILES string of the molecule is CC(C)=C1CCOC1[C]=O. The molecule has 0 saturated carbocycles. The third kappa shape index (κ3) is 1.27. The van der Waals surface area contributed by atoms with Gasteiger partial charge in [0.25, 0.3) is 0 Å². The van der Waals surface area contributed by atoms with Gasteiger partial charge in [-0.05, 0) is 25.8 Å². The molecule has 1 aliphatic rings. The smallest absolute Gasteiger partial charge is 0.234 e. The molecule has 0 spiro atoms. The van der Waals surface area contributed by atoms with Crippen molar-refractivity contribution >= 4 is 6.29 Å². The highest BCUT2D eigenvalue weighted by molar-refractivity contribution is 5.63. The van der Waals surface area contributed by atoms with Crippen LogP contribution in [0, 0.1) is 0 Å². The summed E-state index contributed by atoms with van der Waals surface area (Å²) in [5.41, 5.74) is 2.29. The van der Waals surface area contributed by atoms with E-state index in [9.17, 15) is 4.79 Å².